The van der Waals surface area contributed by atoms with Crippen LogP contribution in [-0.4, -0.2) is 37.7 Å². The number of hydrogen-bond donors (Lipinski definition) is 0. The normalized spacial score (nSPS) is 11.2. The second kappa shape index (κ2) is 33.1. The number of benzene rings is 5. The highest BCUT2D eigenvalue weighted by Gasteiger charge is 2.19. The Morgan fingerprint density at radius 3 is 1.12 bits per heavy atom. The van der Waals surface area contributed by atoms with Crippen molar-refractivity contribution in [2.45, 2.75) is 175 Å². The SMILES string of the molecule is CCCCCCCCCCCCCCOc1ccc(C(=O)Oc2ccc(-c3ccc(-c4ccc(OC(=O)c5ccc(OCCCCCCCCCCCCCC)cc5)cc4)c4sc(C(=O)OCC)cc34)cc2)cc1. The third-order valence-corrected chi connectivity index (χ3v) is 14.8. The van der Waals surface area contributed by atoms with Crippen molar-refractivity contribution in [1.29, 1.82) is 0 Å². The minimum absolute atomic E-state index is 0.266. The van der Waals surface area contributed by atoms with Gasteiger partial charge in [0.15, 0.2) is 0 Å². The Morgan fingerprint density at radius 2 is 0.730 bits per heavy atom. The molecule has 0 aliphatic heterocycles. The monoisotopic (exact) mass is 1020 g/mol. The van der Waals surface area contributed by atoms with Crippen LogP contribution in [0.25, 0.3) is 32.3 Å². The smallest absolute Gasteiger partial charge is 0.348 e. The first-order chi connectivity index (χ1) is 36.4. The zero-order valence-electron chi connectivity index (χ0n) is 44.7. The maximum Gasteiger partial charge on any atom is 0.348 e. The molecule has 0 amide bonds. The van der Waals surface area contributed by atoms with Crippen LogP contribution in [0.2, 0.25) is 0 Å². The summed E-state index contributed by atoms with van der Waals surface area (Å²) in [6.45, 7) is 7.92. The number of carbonyl (C=O) groups is 3. The quantitative estimate of drug-likeness (QED) is 0.0218. The van der Waals surface area contributed by atoms with Gasteiger partial charge in [0.05, 0.1) is 30.9 Å². The third-order valence-electron chi connectivity index (χ3n) is 13.6. The van der Waals surface area contributed by atoms with Crippen LogP contribution in [0.5, 0.6) is 23.0 Å². The first kappa shape index (κ1) is 57.4. The van der Waals surface area contributed by atoms with E-state index >= 15 is 0 Å². The Kier molecular flexibility index (Phi) is 25.6. The van der Waals surface area contributed by atoms with Crippen LogP contribution in [0, 0.1) is 0 Å². The Balaban J connectivity index is 0.964. The molecule has 0 N–H and O–H groups in total. The minimum Gasteiger partial charge on any atom is -0.494 e. The lowest BCUT2D eigenvalue weighted by Crippen LogP contribution is -2.08. The fraction of sp³-hybridized carbons (Fsp3) is 0.462. The standard InChI is InChI=1S/C65H82O8S/c1-4-7-9-11-13-15-17-19-21-23-25-27-47-70-54-37-33-52(34-38-54)63(66)72-56-41-29-50(30-42-56)58-45-46-59(62-60(58)49-61(74-62)65(68)69-6-3)51-31-43-57(44-32-51)73-64(67)53-35-39-55(40-36-53)71-48-28-26-24-22-20-18-16-14-12-10-8-5-2/h29-46,49H,4-28,47-48H2,1-3H3. The van der Waals surface area contributed by atoms with Crippen LogP contribution in [0.4, 0.5) is 0 Å². The molecule has 0 aliphatic rings. The number of hydrogen-bond acceptors (Lipinski definition) is 9. The van der Waals surface area contributed by atoms with Crippen molar-refractivity contribution in [2.24, 2.45) is 0 Å². The Morgan fingerprint density at radius 1 is 0.378 bits per heavy atom. The summed E-state index contributed by atoms with van der Waals surface area (Å²) in [7, 11) is 0. The molecule has 6 rings (SSSR count). The van der Waals surface area contributed by atoms with Crippen LogP contribution in [0.3, 0.4) is 0 Å². The van der Waals surface area contributed by atoms with E-state index in [1.165, 1.54) is 153 Å². The molecule has 1 heterocycles. The summed E-state index contributed by atoms with van der Waals surface area (Å²) in [5.41, 5.74) is 4.51. The maximum absolute atomic E-state index is 13.1. The Hall–Kier alpha value is -5.93. The van der Waals surface area contributed by atoms with Crippen molar-refractivity contribution >= 4 is 39.3 Å². The fourth-order valence-electron chi connectivity index (χ4n) is 9.28. The summed E-state index contributed by atoms with van der Waals surface area (Å²) < 4.78 is 29.8. The molecule has 0 bridgehead atoms. The van der Waals surface area contributed by atoms with Gasteiger partial charge in [-0.2, -0.15) is 0 Å². The number of fused-ring (bicyclic) bond motifs is 1. The molecule has 0 aliphatic carbocycles. The van der Waals surface area contributed by atoms with E-state index in [1.807, 2.05) is 66.7 Å². The van der Waals surface area contributed by atoms with Crippen molar-refractivity contribution in [2.75, 3.05) is 19.8 Å². The van der Waals surface area contributed by atoms with E-state index in [1.54, 1.807) is 55.5 Å². The highest BCUT2D eigenvalue weighted by molar-refractivity contribution is 7.21. The molecule has 0 unspecified atom stereocenters. The van der Waals surface area contributed by atoms with Gasteiger partial charge >= 0.3 is 17.9 Å². The molecule has 6 aromatic rings. The van der Waals surface area contributed by atoms with Gasteiger partial charge in [-0.15, -0.1) is 11.3 Å². The van der Waals surface area contributed by atoms with E-state index in [4.69, 9.17) is 23.7 Å². The molecule has 396 valence electrons. The lowest BCUT2D eigenvalue weighted by molar-refractivity contribution is 0.0531. The topological polar surface area (TPSA) is 97.4 Å². The Labute approximate surface area is 446 Å². The van der Waals surface area contributed by atoms with E-state index in [-0.39, 0.29) is 12.6 Å². The fourth-order valence-corrected chi connectivity index (χ4v) is 10.4. The van der Waals surface area contributed by atoms with Crippen molar-refractivity contribution in [3.8, 4) is 45.3 Å². The number of rotatable bonds is 36. The molecule has 8 nitrogen and oxygen atoms in total. The summed E-state index contributed by atoms with van der Waals surface area (Å²) in [6, 6.07) is 34.9. The highest BCUT2D eigenvalue weighted by atomic mass is 32.1. The van der Waals surface area contributed by atoms with Crippen LogP contribution < -0.4 is 18.9 Å². The summed E-state index contributed by atoms with van der Waals surface area (Å²) in [5.74, 6) is 1.04. The third kappa shape index (κ3) is 19.4. The molecule has 1 aromatic heterocycles. The maximum atomic E-state index is 13.1. The van der Waals surface area contributed by atoms with Crippen LogP contribution >= 0.6 is 11.3 Å². The van der Waals surface area contributed by atoms with Crippen molar-refractivity contribution in [3.05, 3.63) is 131 Å². The molecular formula is C65H82O8S. The van der Waals surface area contributed by atoms with Crippen LogP contribution in [0.1, 0.15) is 205 Å². The zero-order chi connectivity index (χ0) is 52.0. The average Bonchev–Trinajstić information content (AvgIpc) is 3.88. The van der Waals surface area contributed by atoms with Gasteiger partial charge in [0.1, 0.15) is 27.9 Å². The minimum atomic E-state index is -0.450. The van der Waals surface area contributed by atoms with E-state index in [0.29, 0.717) is 40.7 Å². The molecule has 74 heavy (non-hydrogen) atoms. The molecular weight excluding hydrogens is 941 g/mol. The predicted molar refractivity (Wildman–Crippen MR) is 305 cm³/mol. The van der Waals surface area contributed by atoms with Gasteiger partial charge in [-0.3, -0.25) is 0 Å². The summed E-state index contributed by atoms with van der Waals surface area (Å²) in [6.07, 6.45) is 31.2. The van der Waals surface area contributed by atoms with Gasteiger partial charge in [-0.1, -0.05) is 192 Å². The van der Waals surface area contributed by atoms with Crippen LogP contribution in [0.15, 0.2) is 115 Å². The largest absolute Gasteiger partial charge is 0.494 e. The molecule has 0 saturated carbocycles. The molecule has 0 atom stereocenters. The van der Waals surface area contributed by atoms with E-state index in [2.05, 4.69) is 13.8 Å². The summed E-state index contributed by atoms with van der Waals surface area (Å²) in [5, 5.41) is 0.887. The summed E-state index contributed by atoms with van der Waals surface area (Å²) >= 11 is 1.38. The Bertz CT molecular complexity index is 2380. The van der Waals surface area contributed by atoms with Crippen molar-refractivity contribution in [1.82, 2.24) is 0 Å². The van der Waals surface area contributed by atoms with E-state index < -0.39 is 11.9 Å². The predicted octanol–water partition coefficient (Wildman–Crippen LogP) is 19.0. The number of carbonyl (C=O) groups excluding carboxylic acids is 3. The zero-order valence-corrected chi connectivity index (χ0v) is 45.6. The molecule has 5 aromatic carbocycles. The van der Waals surface area contributed by atoms with Gasteiger partial charge < -0.3 is 23.7 Å². The molecule has 0 saturated heterocycles. The second-order valence-corrected chi connectivity index (χ2v) is 20.6. The second-order valence-electron chi connectivity index (χ2n) is 19.6. The van der Waals surface area contributed by atoms with Crippen molar-refractivity contribution in [3.63, 3.8) is 0 Å². The van der Waals surface area contributed by atoms with Gasteiger partial charge in [0.25, 0.3) is 0 Å². The molecule has 0 radical (unpaired) electrons. The number of esters is 3. The molecule has 0 spiro atoms. The number of thiophene rings is 1. The van der Waals surface area contributed by atoms with Gasteiger partial charge in [-0.25, -0.2) is 14.4 Å². The van der Waals surface area contributed by atoms with E-state index in [9.17, 15) is 14.4 Å². The van der Waals surface area contributed by atoms with Gasteiger partial charge in [0.2, 0.25) is 0 Å². The highest BCUT2D eigenvalue weighted by Crippen LogP contribution is 2.41. The van der Waals surface area contributed by atoms with Crippen molar-refractivity contribution < 1.29 is 38.1 Å². The average molecular weight is 1020 g/mol. The lowest BCUT2D eigenvalue weighted by atomic mass is 9.96. The molecule has 9 heteroatoms. The van der Waals surface area contributed by atoms with Gasteiger partial charge in [-0.05, 0) is 121 Å². The molecule has 0 fully saturated rings. The number of ether oxygens (including phenoxy) is 5. The van der Waals surface area contributed by atoms with E-state index in [0.717, 1.165) is 56.7 Å². The number of unbranched alkanes of at least 4 members (excludes halogenated alkanes) is 22. The first-order valence-electron chi connectivity index (χ1n) is 28.2. The summed E-state index contributed by atoms with van der Waals surface area (Å²) in [4.78, 5) is 39.8. The lowest BCUT2D eigenvalue weighted by Gasteiger charge is -2.11. The van der Waals surface area contributed by atoms with Gasteiger partial charge in [0, 0.05) is 10.1 Å². The van der Waals surface area contributed by atoms with Crippen LogP contribution in [-0.2, 0) is 4.74 Å². The first-order valence-corrected chi connectivity index (χ1v) is 29.0.